The van der Waals surface area contributed by atoms with Gasteiger partial charge in [-0.15, -0.1) is 0 Å². The van der Waals surface area contributed by atoms with Gasteiger partial charge < -0.3 is 10.6 Å². The Balaban J connectivity index is 1.71. The van der Waals surface area contributed by atoms with Gasteiger partial charge in [0.15, 0.2) is 5.11 Å². The van der Waals surface area contributed by atoms with Crippen LogP contribution in [-0.2, 0) is 6.18 Å². The summed E-state index contributed by atoms with van der Waals surface area (Å²) in [5, 5.41) is 6.89. The van der Waals surface area contributed by atoms with Crippen molar-refractivity contribution in [3.63, 3.8) is 0 Å². The fraction of sp³-hybridized carbons (Fsp3) is 0.176. The third kappa shape index (κ3) is 4.44. The van der Waals surface area contributed by atoms with Gasteiger partial charge in [0.05, 0.1) is 12.1 Å². The SMILES string of the molecule is FC(F)(F)c1cccc(NC2=NCCN2C(=S)Nc2cccc(Cl)c2)c1. The molecule has 9 heteroatoms. The molecule has 1 aliphatic heterocycles. The Morgan fingerprint density at radius 3 is 2.58 bits per heavy atom. The molecule has 0 radical (unpaired) electrons. The quantitative estimate of drug-likeness (QED) is 0.710. The highest BCUT2D eigenvalue weighted by Gasteiger charge is 2.30. The topological polar surface area (TPSA) is 39.7 Å². The first-order chi connectivity index (χ1) is 12.3. The molecule has 2 aromatic carbocycles. The molecular formula is C17H14ClF3N4S. The Morgan fingerprint density at radius 2 is 1.85 bits per heavy atom. The van der Waals surface area contributed by atoms with E-state index in [1.54, 1.807) is 29.2 Å². The Labute approximate surface area is 158 Å². The third-order valence-corrected chi connectivity index (χ3v) is 4.17. The van der Waals surface area contributed by atoms with Gasteiger partial charge >= 0.3 is 6.18 Å². The Bertz CT molecular complexity index is 854. The average molecular weight is 399 g/mol. The molecule has 0 unspecified atom stereocenters. The van der Waals surface area contributed by atoms with Gasteiger partial charge in [-0.05, 0) is 48.6 Å². The van der Waals surface area contributed by atoms with Crippen molar-refractivity contribution in [3.05, 3.63) is 59.1 Å². The van der Waals surface area contributed by atoms with Gasteiger partial charge in [-0.2, -0.15) is 13.2 Å². The summed E-state index contributed by atoms with van der Waals surface area (Å²) in [4.78, 5) is 5.97. The maximum Gasteiger partial charge on any atom is 0.416 e. The lowest BCUT2D eigenvalue weighted by molar-refractivity contribution is -0.137. The van der Waals surface area contributed by atoms with E-state index in [1.807, 2.05) is 6.07 Å². The molecule has 136 valence electrons. The first-order valence-corrected chi connectivity index (χ1v) is 8.44. The molecule has 0 saturated heterocycles. The van der Waals surface area contributed by atoms with Crippen molar-refractivity contribution in [2.45, 2.75) is 6.18 Å². The molecule has 1 aliphatic rings. The van der Waals surface area contributed by atoms with E-state index < -0.39 is 11.7 Å². The van der Waals surface area contributed by atoms with Crippen molar-refractivity contribution in [2.24, 2.45) is 4.99 Å². The van der Waals surface area contributed by atoms with Crippen LogP contribution in [0.1, 0.15) is 5.56 Å². The highest BCUT2D eigenvalue weighted by atomic mass is 35.5. The van der Waals surface area contributed by atoms with E-state index in [0.717, 1.165) is 12.1 Å². The summed E-state index contributed by atoms with van der Waals surface area (Å²) in [6, 6.07) is 12.0. The van der Waals surface area contributed by atoms with E-state index in [4.69, 9.17) is 23.8 Å². The number of guanidine groups is 1. The smallest absolute Gasteiger partial charge is 0.332 e. The minimum Gasteiger partial charge on any atom is -0.332 e. The van der Waals surface area contributed by atoms with E-state index in [2.05, 4.69) is 15.6 Å². The summed E-state index contributed by atoms with van der Waals surface area (Å²) in [6.07, 6.45) is -4.40. The minimum absolute atomic E-state index is 0.288. The second kappa shape index (κ2) is 7.51. The summed E-state index contributed by atoms with van der Waals surface area (Å²) < 4.78 is 38.6. The predicted octanol–water partition coefficient (Wildman–Crippen LogP) is 4.84. The van der Waals surface area contributed by atoms with Crippen LogP contribution < -0.4 is 10.6 Å². The molecular weight excluding hydrogens is 385 g/mol. The monoisotopic (exact) mass is 398 g/mol. The molecule has 4 nitrogen and oxygen atoms in total. The number of halogens is 4. The number of hydrogen-bond donors (Lipinski definition) is 2. The molecule has 26 heavy (non-hydrogen) atoms. The number of nitrogens with zero attached hydrogens (tertiary/aromatic N) is 2. The maximum atomic E-state index is 12.9. The van der Waals surface area contributed by atoms with E-state index in [1.165, 1.54) is 6.07 Å². The second-order valence-corrected chi connectivity index (χ2v) is 6.32. The zero-order valence-electron chi connectivity index (χ0n) is 13.3. The highest BCUT2D eigenvalue weighted by molar-refractivity contribution is 7.80. The lowest BCUT2D eigenvalue weighted by Gasteiger charge is -2.23. The highest BCUT2D eigenvalue weighted by Crippen LogP contribution is 2.30. The van der Waals surface area contributed by atoms with Crippen LogP contribution in [0.4, 0.5) is 24.5 Å². The molecule has 0 saturated carbocycles. The lowest BCUT2D eigenvalue weighted by Crippen LogP contribution is -2.40. The molecule has 2 aromatic rings. The van der Waals surface area contributed by atoms with Gasteiger partial charge in [-0.3, -0.25) is 9.89 Å². The summed E-state index contributed by atoms with van der Waals surface area (Å²) in [5.41, 5.74) is 0.274. The molecule has 3 rings (SSSR count). The molecule has 0 aromatic heterocycles. The van der Waals surface area contributed by atoms with Crippen molar-refractivity contribution in [3.8, 4) is 0 Å². The van der Waals surface area contributed by atoms with Crippen LogP contribution in [0.2, 0.25) is 5.02 Å². The van der Waals surface area contributed by atoms with Gasteiger partial charge in [0, 0.05) is 22.9 Å². The number of thiocarbonyl (C=S) groups is 1. The molecule has 0 atom stereocenters. The third-order valence-electron chi connectivity index (χ3n) is 3.61. The normalized spacial score (nSPS) is 14.2. The van der Waals surface area contributed by atoms with Crippen LogP contribution in [0.3, 0.4) is 0 Å². The zero-order valence-corrected chi connectivity index (χ0v) is 14.9. The lowest BCUT2D eigenvalue weighted by atomic mass is 10.2. The van der Waals surface area contributed by atoms with Gasteiger partial charge in [0.25, 0.3) is 0 Å². The standard InChI is InChI=1S/C17H14ClF3N4S/c18-12-4-2-6-14(10-12)24-16(26)25-8-7-22-15(25)23-13-5-1-3-11(9-13)17(19,20)21/h1-6,9-10H,7-8H2,(H,22,23)(H,24,26). The zero-order chi connectivity index (χ0) is 18.7. The largest absolute Gasteiger partial charge is 0.416 e. The van der Waals surface area contributed by atoms with Crippen LogP contribution in [0, 0.1) is 0 Å². The van der Waals surface area contributed by atoms with Crippen molar-refractivity contribution < 1.29 is 13.2 Å². The van der Waals surface area contributed by atoms with E-state index >= 15 is 0 Å². The fourth-order valence-corrected chi connectivity index (χ4v) is 2.90. The van der Waals surface area contributed by atoms with Gasteiger partial charge in [-0.25, -0.2) is 0 Å². The van der Waals surface area contributed by atoms with Crippen molar-refractivity contribution in [2.75, 3.05) is 23.7 Å². The predicted molar refractivity (Wildman–Crippen MR) is 102 cm³/mol. The Hall–Kier alpha value is -2.32. The van der Waals surface area contributed by atoms with E-state index in [-0.39, 0.29) is 5.69 Å². The fourth-order valence-electron chi connectivity index (χ4n) is 2.41. The number of benzene rings is 2. The second-order valence-electron chi connectivity index (χ2n) is 5.50. The minimum atomic E-state index is -4.40. The number of alkyl halides is 3. The van der Waals surface area contributed by atoms with Crippen LogP contribution >= 0.6 is 23.8 Å². The summed E-state index contributed by atoms with van der Waals surface area (Å²) in [7, 11) is 0. The number of aliphatic imine (C=N–C) groups is 1. The Kier molecular flexibility index (Phi) is 5.33. The average Bonchev–Trinajstić information content (AvgIpc) is 3.02. The molecule has 0 bridgehead atoms. The van der Waals surface area contributed by atoms with Crippen molar-refractivity contribution in [1.82, 2.24) is 4.90 Å². The maximum absolute atomic E-state index is 12.9. The molecule has 0 aliphatic carbocycles. The van der Waals surface area contributed by atoms with Crippen molar-refractivity contribution >= 4 is 46.3 Å². The first-order valence-electron chi connectivity index (χ1n) is 7.66. The van der Waals surface area contributed by atoms with Crippen LogP contribution in [0.25, 0.3) is 0 Å². The molecule has 0 spiro atoms. The molecule has 2 N–H and O–H groups in total. The van der Waals surface area contributed by atoms with Gasteiger partial charge in [0.1, 0.15) is 0 Å². The Morgan fingerprint density at radius 1 is 1.12 bits per heavy atom. The van der Waals surface area contributed by atoms with Crippen LogP contribution in [0.15, 0.2) is 53.5 Å². The van der Waals surface area contributed by atoms with Crippen LogP contribution in [0.5, 0.6) is 0 Å². The molecule has 0 fully saturated rings. The molecule has 1 heterocycles. The van der Waals surface area contributed by atoms with Crippen molar-refractivity contribution in [1.29, 1.82) is 0 Å². The van der Waals surface area contributed by atoms with Crippen LogP contribution in [-0.4, -0.2) is 29.1 Å². The number of rotatable bonds is 2. The summed E-state index contributed by atoms with van der Waals surface area (Å²) in [6.45, 7) is 1.01. The molecule has 0 amide bonds. The number of nitrogens with one attached hydrogen (secondary N) is 2. The number of hydrogen-bond acceptors (Lipinski definition) is 3. The first kappa shape index (κ1) is 18.5. The van der Waals surface area contributed by atoms with E-state index in [0.29, 0.717) is 34.9 Å². The number of anilines is 2. The van der Waals surface area contributed by atoms with Gasteiger partial charge in [-0.1, -0.05) is 23.7 Å². The van der Waals surface area contributed by atoms with E-state index in [9.17, 15) is 13.2 Å². The van der Waals surface area contributed by atoms with Gasteiger partial charge in [0.2, 0.25) is 5.96 Å². The summed E-state index contributed by atoms with van der Waals surface area (Å²) in [5.74, 6) is 0.392. The summed E-state index contributed by atoms with van der Waals surface area (Å²) >= 11 is 11.3.